The molecule has 2 N–H and O–H groups in total. The molecule has 1 aliphatic carbocycles. The molecular weight excluding hydrogens is 262 g/mol. The molecule has 0 spiro atoms. The van der Waals surface area contributed by atoms with Gasteiger partial charge < -0.3 is 10.6 Å². The maximum Gasteiger partial charge on any atom is 0.234 e. The monoisotopic (exact) mass is 295 g/mol. The highest BCUT2D eigenvalue weighted by atomic mass is 16.2. The first-order chi connectivity index (χ1) is 10.2. The molecule has 122 valence electrons. The minimum absolute atomic E-state index is 0.226. The Morgan fingerprint density at radius 2 is 1.90 bits per heavy atom. The van der Waals surface area contributed by atoms with Gasteiger partial charge >= 0.3 is 0 Å². The van der Waals surface area contributed by atoms with Crippen molar-refractivity contribution in [2.75, 3.05) is 32.7 Å². The van der Waals surface area contributed by atoms with E-state index in [9.17, 15) is 4.79 Å². The zero-order valence-corrected chi connectivity index (χ0v) is 13.9. The number of likely N-dealkylation sites (N-methyl/N-ethyl adjacent to an activating group) is 1. The SMILES string of the molecule is CCN(CC(=O)NC1CCCCC1C)CC1CCNCC1. The van der Waals surface area contributed by atoms with Crippen LogP contribution in [0.2, 0.25) is 0 Å². The van der Waals surface area contributed by atoms with Crippen molar-refractivity contribution in [3.05, 3.63) is 0 Å². The number of nitrogens with zero attached hydrogens (tertiary/aromatic N) is 1. The summed E-state index contributed by atoms with van der Waals surface area (Å²) < 4.78 is 0. The molecule has 2 rings (SSSR count). The van der Waals surface area contributed by atoms with E-state index in [-0.39, 0.29) is 5.91 Å². The lowest BCUT2D eigenvalue weighted by Crippen LogP contribution is -2.47. The van der Waals surface area contributed by atoms with Crippen LogP contribution in [0, 0.1) is 11.8 Å². The van der Waals surface area contributed by atoms with Crippen molar-refractivity contribution in [3.8, 4) is 0 Å². The maximum absolute atomic E-state index is 12.3. The van der Waals surface area contributed by atoms with Crippen LogP contribution in [0.25, 0.3) is 0 Å². The number of hydrogen-bond donors (Lipinski definition) is 2. The van der Waals surface area contributed by atoms with Gasteiger partial charge in [-0.3, -0.25) is 9.69 Å². The minimum Gasteiger partial charge on any atom is -0.352 e. The molecule has 4 nitrogen and oxygen atoms in total. The van der Waals surface area contributed by atoms with E-state index in [0.717, 1.165) is 38.5 Å². The van der Waals surface area contributed by atoms with Gasteiger partial charge in [-0.25, -0.2) is 0 Å². The highest BCUT2D eigenvalue weighted by Gasteiger charge is 2.24. The third-order valence-corrected chi connectivity index (χ3v) is 5.25. The molecule has 0 radical (unpaired) electrons. The summed E-state index contributed by atoms with van der Waals surface area (Å²) in [4.78, 5) is 14.6. The molecule has 0 bridgehead atoms. The fourth-order valence-electron chi connectivity index (χ4n) is 3.72. The minimum atomic E-state index is 0.226. The Morgan fingerprint density at radius 1 is 1.19 bits per heavy atom. The third kappa shape index (κ3) is 5.59. The molecule has 4 heteroatoms. The van der Waals surface area contributed by atoms with Crippen molar-refractivity contribution in [1.29, 1.82) is 0 Å². The molecule has 1 aliphatic heterocycles. The van der Waals surface area contributed by atoms with Crippen molar-refractivity contribution < 1.29 is 4.79 Å². The Kier molecular flexibility index (Phi) is 6.97. The number of hydrogen-bond acceptors (Lipinski definition) is 3. The zero-order valence-electron chi connectivity index (χ0n) is 13.9. The molecular formula is C17H33N3O. The molecule has 1 saturated heterocycles. The van der Waals surface area contributed by atoms with Crippen LogP contribution in [0.4, 0.5) is 0 Å². The molecule has 1 amide bonds. The van der Waals surface area contributed by atoms with E-state index < -0.39 is 0 Å². The zero-order chi connectivity index (χ0) is 15.1. The van der Waals surface area contributed by atoms with Crippen LogP contribution in [0.5, 0.6) is 0 Å². The highest BCUT2D eigenvalue weighted by molar-refractivity contribution is 5.78. The topological polar surface area (TPSA) is 44.4 Å². The molecule has 2 unspecified atom stereocenters. The largest absolute Gasteiger partial charge is 0.352 e. The van der Waals surface area contributed by atoms with Crippen molar-refractivity contribution >= 4 is 5.91 Å². The Labute approximate surface area is 130 Å². The lowest BCUT2D eigenvalue weighted by molar-refractivity contribution is -0.123. The van der Waals surface area contributed by atoms with Gasteiger partial charge in [0.2, 0.25) is 5.91 Å². The summed E-state index contributed by atoms with van der Waals surface area (Å²) >= 11 is 0. The van der Waals surface area contributed by atoms with Crippen LogP contribution in [0.3, 0.4) is 0 Å². The predicted molar refractivity (Wildman–Crippen MR) is 87.3 cm³/mol. The van der Waals surface area contributed by atoms with Gasteiger partial charge in [-0.05, 0) is 57.2 Å². The third-order valence-electron chi connectivity index (χ3n) is 5.25. The van der Waals surface area contributed by atoms with Crippen LogP contribution in [0.15, 0.2) is 0 Å². The second-order valence-corrected chi connectivity index (χ2v) is 6.96. The van der Waals surface area contributed by atoms with Gasteiger partial charge in [0.15, 0.2) is 0 Å². The summed E-state index contributed by atoms with van der Waals surface area (Å²) in [6.07, 6.45) is 7.51. The molecule has 0 aromatic carbocycles. The Bertz CT molecular complexity index is 315. The normalized spacial score (nSPS) is 27.8. The summed E-state index contributed by atoms with van der Waals surface area (Å²) in [5.41, 5.74) is 0. The second kappa shape index (κ2) is 8.74. The van der Waals surface area contributed by atoms with Crippen molar-refractivity contribution in [1.82, 2.24) is 15.5 Å². The van der Waals surface area contributed by atoms with Crippen LogP contribution in [0.1, 0.15) is 52.4 Å². The van der Waals surface area contributed by atoms with E-state index in [4.69, 9.17) is 0 Å². The number of amides is 1. The predicted octanol–water partition coefficient (Wildman–Crippen LogP) is 2.00. The van der Waals surface area contributed by atoms with Crippen LogP contribution >= 0.6 is 0 Å². The van der Waals surface area contributed by atoms with Gasteiger partial charge in [0, 0.05) is 12.6 Å². The number of rotatable bonds is 6. The van der Waals surface area contributed by atoms with Crippen molar-refractivity contribution in [2.24, 2.45) is 11.8 Å². The van der Waals surface area contributed by atoms with E-state index in [1.807, 2.05) is 0 Å². The Balaban J connectivity index is 1.73. The fourth-order valence-corrected chi connectivity index (χ4v) is 3.72. The Morgan fingerprint density at radius 3 is 2.57 bits per heavy atom. The summed E-state index contributed by atoms with van der Waals surface area (Å²) in [5, 5.41) is 6.69. The molecule has 2 atom stereocenters. The molecule has 2 aliphatic rings. The lowest BCUT2D eigenvalue weighted by atomic mass is 9.86. The molecule has 1 heterocycles. The summed E-state index contributed by atoms with van der Waals surface area (Å²) in [6, 6.07) is 0.406. The number of piperidine rings is 1. The first kappa shape index (κ1) is 16.8. The van der Waals surface area contributed by atoms with Gasteiger partial charge in [0.1, 0.15) is 0 Å². The van der Waals surface area contributed by atoms with Crippen molar-refractivity contribution in [2.45, 2.75) is 58.4 Å². The summed E-state index contributed by atoms with van der Waals surface area (Å²) in [5.74, 6) is 1.62. The quantitative estimate of drug-likeness (QED) is 0.788. The second-order valence-electron chi connectivity index (χ2n) is 6.96. The number of nitrogens with one attached hydrogen (secondary N) is 2. The van der Waals surface area contributed by atoms with Gasteiger partial charge in [0.25, 0.3) is 0 Å². The van der Waals surface area contributed by atoms with Gasteiger partial charge in [-0.2, -0.15) is 0 Å². The number of carbonyl (C=O) groups is 1. The standard InChI is InChI=1S/C17H33N3O/c1-3-20(12-15-8-10-18-11-9-15)13-17(21)19-16-7-5-4-6-14(16)2/h14-16,18H,3-13H2,1-2H3,(H,19,21). The van der Waals surface area contributed by atoms with Gasteiger partial charge in [-0.1, -0.05) is 26.7 Å². The highest BCUT2D eigenvalue weighted by Crippen LogP contribution is 2.23. The molecule has 0 aromatic rings. The number of carbonyl (C=O) groups excluding carboxylic acids is 1. The average Bonchev–Trinajstić information content (AvgIpc) is 2.50. The van der Waals surface area contributed by atoms with E-state index in [1.54, 1.807) is 0 Å². The molecule has 0 aromatic heterocycles. The lowest BCUT2D eigenvalue weighted by Gasteiger charge is -2.32. The summed E-state index contributed by atoms with van der Waals surface area (Å²) in [7, 11) is 0. The van der Waals surface area contributed by atoms with Crippen LogP contribution in [-0.4, -0.2) is 49.6 Å². The fraction of sp³-hybridized carbons (Fsp3) is 0.941. The molecule has 1 saturated carbocycles. The smallest absolute Gasteiger partial charge is 0.234 e. The summed E-state index contributed by atoms with van der Waals surface area (Å²) in [6.45, 7) is 9.32. The maximum atomic E-state index is 12.3. The first-order valence-electron chi connectivity index (χ1n) is 8.91. The van der Waals surface area contributed by atoms with E-state index >= 15 is 0 Å². The van der Waals surface area contributed by atoms with Gasteiger partial charge in [-0.15, -0.1) is 0 Å². The van der Waals surface area contributed by atoms with Crippen molar-refractivity contribution in [3.63, 3.8) is 0 Å². The van der Waals surface area contributed by atoms with Crippen LogP contribution in [-0.2, 0) is 4.79 Å². The first-order valence-corrected chi connectivity index (χ1v) is 8.91. The Hall–Kier alpha value is -0.610. The van der Waals surface area contributed by atoms with E-state index in [2.05, 4.69) is 29.4 Å². The van der Waals surface area contributed by atoms with E-state index in [1.165, 1.54) is 32.1 Å². The molecule has 21 heavy (non-hydrogen) atoms. The average molecular weight is 295 g/mol. The van der Waals surface area contributed by atoms with E-state index in [0.29, 0.717) is 18.5 Å². The van der Waals surface area contributed by atoms with Gasteiger partial charge in [0.05, 0.1) is 6.54 Å². The molecule has 2 fully saturated rings. The van der Waals surface area contributed by atoms with Crippen LogP contribution < -0.4 is 10.6 Å².